The van der Waals surface area contributed by atoms with Gasteiger partial charge in [-0.05, 0) is 37.0 Å². The van der Waals surface area contributed by atoms with Gasteiger partial charge in [0.1, 0.15) is 0 Å². The Morgan fingerprint density at radius 3 is 2.39 bits per heavy atom. The van der Waals surface area contributed by atoms with Crippen LogP contribution in [0.15, 0.2) is 23.1 Å². The van der Waals surface area contributed by atoms with E-state index in [0.29, 0.717) is 5.69 Å². The zero-order valence-electron chi connectivity index (χ0n) is 10.5. The molecule has 0 aromatic heterocycles. The highest BCUT2D eigenvalue weighted by Gasteiger charge is 2.18. The van der Waals surface area contributed by atoms with Crippen LogP contribution in [0.4, 0.5) is 11.4 Å². The summed E-state index contributed by atoms with van der Waals surface area (Å²) in [6.45, 7) is 4.08. The number of primary sulfonamides is 1. The molecule has 0 atom stereocenters. The third-order valence-corrected chi connectivity index (χ3v) is 4.28. The van der Waals surface area contributed by atoms with Crippen LogP contribution in [0.5, 0.6) is 0 Å². The van der Waals surface area contributed by atoms with Crippen molar-refractivity contribution in [3.63, 3.8) is 0 Å². The van der Waals surface area contributed by atoms with Crippen LogP contribution >= 0.6 is 0 Å². The van der Waals surface area contributed by atoms with Crippen LogP contribution in [-0.4, -0.2) is 21.5 Å². The molecule has 1 fully saturated rings. The van der Waals surface area contributed by atoms with Gasteiger partial charge in [-0.25, -0.2) is 13.6 Å². The van der Waals surface area contributed by atoms with Crippen molar-refractivity contribution >= 4 is 21.4 Å². The van der Waals surface area contributed by atoms with Crippen LogP contribution in [0.25, 0.3) is 0 Å². The second-order valence-electron chi connectivity index (χ2n) is 4.97. The van der Waals surface area contributed by atoms with Crippen molar-refractivity contribution in [2.24, 2.45) is 11.1 Å². The molecule has 100 valence electrons. The number of nitrogens with zero attached hydrogens (tertiary/aromatic N) is 1. The second kappa shape index (κ2) is 4.78. The normalized spacial score (nSPS) is 18.0. The average molecular weight is 269 g/mol. The van der Waals surface area contributed by atoms with Crippen LogP contribution in [0.2, 0.25) is 0 Å². The first-order valence-electron chi connectivity index (χ1n) is 6.04. The quantitative estimate of drug-likeness (QED) is 0.788. The first kappa shape index (κ1) is 13.2. The Bertz CT molecular complexity index is 534. The van der Waals surface area contributed by atoms with Gasteiger partial charge in [0.15, 0.2) is 0 Å². The molecule has 1 aliphatic heterocycles. The molecule has 0 bridgehead atoms. The topological polar surface area (TPSA) is 89.4 Å². The van der Waals surface area contributed by atoms with Crippen molar-refractivity contribution in [2.75, 3.05) is 23.7 Å². The van der Waals surface area contributed by atoms with Gasteiger partial charge in [-0.15, -0.1) is 0 Å². The molecule has 0 radical (unpaired) electrons. The zero-order chi connectivity index (χ0) is 13.3. The van der Waals surface area contributed by atoms with Crippen molar-refractivity contribution in [1.29, 1.82) is 0 Å². The third kappa shape index (κ3) is 2.94. The fourth-order valence-corrected chi connectivity index (χ4v) is 2.80. The first-order valence-corrected chi connectivity index (χ1v) is 7.59. The van der Waals surface area contributed by atoms with Gasteiger partial charge in [-0.3, -0.25) is 0 Å². The van der Waals surface area contributed by atoms with E-state index in [0.717, 1.165) is 37.5 Å². The Balaban J connectivity index is 2.31. The SMILES string of the molecule is CC1CCN(c2cc(N)cc(S(N)(=O)=O)c2)CC1. The number of piperidine rings is 1. The number of sulfonamides is 1. The third-order valence-electron chi connectivity index (χ3n) is 3.39. The summed E-state index contributed by atoms with van der Waals surface area (Å²) in [6, 6.07) is 4.79. The van der Waals surface area contributed by atoms with Crippen LogP contribution in [0, 0.1) is 5.92 Å². The molecule has 4 N–H and O–H groups in total. The second-order valence-corrected chi connectivity index (χ2v) is 6.54. The molecule has 0 saturated carbocycles. The zero-order valence-corrected chi connectivity index (χ0v) is 11.3. The lowest BCUT2D eigenvalue weighted by Gasteiger charge is -2.32. The summed E-state index contributed by atoms with van der Waals surface area (Å²) in [5.74, 6) is 0.722. The van der Waals surface area contributed by atoms with Crippen LogP contribution in [0.1, 0.15) is 19.8 Å². The summed E-state index contributed by atoms with van der Waals surface area (Å²) in [5.41, 5.74) is 7.01. The predicted octanol–water partition coefficient (Wildman–Crippen LogP) is 1.15. The molecule has 5 nitrogen and oxygen atoms in total. The number of hydrogen-bond donors (Lipinski definition) is 2. The van der Waals surface area contributed by atoms with Gasteiger partial charge < -0.3 is 10.6 Å². The molecular weight excluding hydrogens is 250 g/mol. The number of anilines is 2. The molecule has 18 heavy (non-hydrogen) atoms. The van der Waals surface area contributed by atoms with Gasteiger partial charge in [0, 0.05) is 24.5 Å². The van der Waals surface area contributed by atoms with Crippen LogP contribution < -0.4 is 15.8 Å². The summed E-state index contributed by atoms with van der Waals surface area (Å²) >= 11 is 0. The van der Waals surface area contributed by atoms with E-state index in [9.17, 15) is 8.42 Å². The number of nitrogens with two attached hydrogens (primary N) is 2. The molecule has 1 saturated heterocycles. The maximum atomic E-state index is 11.4. The van der Waals surface area contributed by atoms with Gasteiger partial charge in [-0.1, -0.05) is 6.92 Å². The van der Waals surface area contributed by atoms with E-state index >= 15 is 0 Å². The van der Waals surface area contributed by atoms with E-state index in [1.807, 2.05) is 0 Å². The maximum absolute atomic E-state index is 11.4. The summed E-state index contributed by atoms with van der Waals surface area (Å²) < 4.78 is 22.8. The molecule has 1 aromatic rings. The van der Waals surface area contributed by atoms with Crippen LogP contribution in [-0.2, 0) is 10.0 Å². The summed E-state index contributed by atoms with van der Waals surface area (Å²) in [4.78, 5) is 2.24. The molecule has 0 spiro atoms. The minimum absolute atomic E-state index is 0.0797. The van der Waals surface area contributed by atoms with E-state index in [1.54, 1.807) is 12.1 Å². The van der Waals surface area contributed by atoms with E-state index in [1.165, 1.54) is 6.07 Å². The largest absolute Gasteiger partial charge is 0.399 e. The molecule has 1 heterocycles. The Kier molecular flexibility index (Phi) is 3.49. The van der Waals surface area contributed by atoms with Crippen molar-refractivity contribution in [2.45, 2.75) is 24.7 Å². The summed E-state index contributed by atoms with van der Waals surface area (Å²) in [7, 11) is -3.70. The number of nitrogen functional groups attached to an aromatic ring is 1. The summed E-state index contributed by atoms with van der Waals surface area (Å²) in [6.07, 6.45) is 2.22. The number of benzene rings is 1. The van der Waals surface area contributed by atoms with Gasteiger partial charge >= 0.3 is 0 Å². The van der Waals surface area contributed by atoms with E-state index in [-0.39, 0.29) is 4.90 Å². The standard InChI is InChI=1S/C12H19N3O2S/c1-9-2-4-15(5-3-9)11-6-10(13)7-12(8-11)18(14,16)17/h6-9H,2-5,13H2,1H3,(H2,14,16,17). The minimum Gasteiger partial charge on any atom is -0.399 e. The Labute approximate surface area is 108 Å². The predicted molar refractivity (Wildman–Crippen MR) is 72.8 cm³/mol. The van der Waals surface area contributed by atoms with Gasteiger partial charge in [0.2, 0.25) is 10.0 Å². The molecule has 1 aromatic carbocycles. The molecule has 6 heteroatoms. The Morgan fingerprint density at radius 2 is 1.83 bits per heavy atom. The number of rotatable bonds is 2. The molecular formula is C12H19N3O2S. The van der Waals surface area contributed by atoms with Crippen LogP contribution in [0.3, 0.4) is 0 Å². The van der Waals surface area contributed by atoms with Gasteiger partial charge in [0.05, 0.1) is 4.90 Å². The van der Waals surface area contributed by atoms with E-state index < -0.39 is 10.0 Å². The molecule has 0 amide bonds. The van der Waals surface area contributed by atoms with E-state index in [4.69, 9.17) is 10.9 Å². The molecule has 0 aliphatic carbocycles. The highest BCUT2D eigenvalue weighted by molar-refractivity contribution is 7.89. The first-order chi connectivity index (χ1) is 8.36. The van der Waals surface area contributed by atoms with Crippen molar-refractivity contribution < 1.29 is 8.42 Å². The fourth-order valence-electron chi connectivity index (χ4n) is 2.22. The Morgan fingerprint density at radius 1 is 1.22 bits per heavy atom. The van der Waals surface area contributed by atoms with Gasteiger partial charge in [-0.2, -0.15) is 0 Å². The molecule has 0 unspecified atom stereocenters. The highest BCUT2D eigenvalue weighted by atomic mass is 32.2. The smallest absolute Gasteiger partial charge is 0.238 e. The molecule has 1 aliphatic rings. The van der Waals surface area contributed by atoms with Gasteiger partial charge in [0.25, 0.3) is 0 Å². The van der Waals surface area contributed by atoms with Crippen molar-refractivity contribution in [1.82, 2.24) is 0 Å². The maximum Gasteiger partial charge on any atom is 0.238 e. The fraction of sp³-hybridized carbons (Fsp3) is 0.500. The lowest BCUT2D eigenvalue weighted by atomic mass is 9.99. The minimum atomic E-state index is -3.70. The lowest BCUT2D eigenvalue weighted by Crippen LogP contribution is -2.33. The lowest BCUT2D eigenvalue weighted by molar-refractivity contribution is 0.438. The van der Waals surface area contributed by atoms with Crippen molar-refractivity contribution in [3.05, 3.63) is 18.2 Å². The van der Waals surface area contributed by atoms with E-state index in [2.05, 4.69) is 11.8 Å². The monoisotopic (exact) mass is 269 g/mol. The number of hydrogen-bond acceptors (Lipinski definition) is 4. The van der Waals surface area contributed by atoms with Crippen molar-refractivity contribution in [3.8, 4) is 0 Å². The summed E-state index contributed by atoms with van der Waals surface area (Å²) in [5, 5.41) is 5.14. The average Bonchev–Trinajstić information content (AvgIpc) is 2.28. The molecule has 2 rings (SSSR count). The highest BCUT2D eigenvalue weighted by Crippen LogP contribution is 2.27. The Hall–Kier alpha value is -1.27.